The van der Waals surface area contributed by atoms with Crippen LogP contribution in [0.4, 0.5) is 0 Å². The summed E-state index contributed by atoms with van der Waals surface area (Å²) in [6.07, 6.45) is 1.67. The first-order valence-corrected chi connectivity index (χ1v) is 5.57. The minimum Gasteiger partial charge on any atom is -0.356 e. The fourth-order valence-corrected chi connectivity index (χ4v) is 2.25. The van der Waals surface area contributed by atoms with Crippen molar-refractivity contribution in [3.8, 4) is 0 Å². The Morgan fingerprint density at radius 2 is 2.29 bits per heavy atom. The van der Waals surface area contributed by atoms with Crippen LogP contribution in [0.3, 0.4) is 0 Å². The van der Waals surface area contributed by atoms with Crippen LogP contribution in [0.1, 0.15) is 24.3 Å². The first-order valence-electron chi connectivity index (χ1n) is 4.78. The normalized spacial score (nSPS) is 21.8. The van der Waals surface area contributed by atoms with Gasteiger partial charge < -0.3 is 5.32 Å². The van der Waals surface area contributed by atoms with Crippen molar-refractivity contribution in [3.05, 3.63) is 34.3 Å². The minimum absolute atomic E-state index is 0.168. The molecule has 2 nitrogen and oxygen atoms in total. The van der Waals surface area contributed by atoms with E-state index in [-0.39, 0.29) is 5.91 Å². The van der Waals surface area contributed by atoms with Crippen LogP contribution in [0.5, 0.6) is 0 Å². The van der Waals surface area contributed by atoms with E-state index in [1.54, 1.807) is 0 Å². The smallest absolute Gasteiger partial charge is 0.220 e. The van der Waals surface area contributed by atoms with Crippen molar-refractivity contribution in [2.75, 3.05) is 6.54 Å². The summed E-state index contributed by atoms with van der Waals surface area (Å²) in [5, 5.41) is 2.85. The molecule has 14 heavy (non-hydrogen) atoms. The molecule has 74 valence electrons. The van der Waals surface area contributed by atoms with Gasteiger partial charge in [-0.05, 0) is 30.0 Å². The van der Waals surface area contributed by atoms with Crippen molar-refractivity contribution in [1.82, 2.24) is 5.32 Å². The average Bonchev–Trinajstić information content (AvgIpc) is 2.18. The number of rotatable bonds is 1. The molecule has 1 aromatic carbocycles. The van der Waals surface area contributed by atoms with Gasteiger partial charge in [0.2, 0.25) is 5.91 Å². The summed E-state index contributed by atoms with van der Waals surface area (Å²) in [6.45, 7) is 0.802. The molecule has 0 bridgehead atoms. The predicted octanol–water partition coefficient (Wildman–Crippen LogP) is 2.44. The van der Waals surface area contributed by atoms with Gasteiger partial charge in [-0.25, -0.2) is 0 Å². The summed E-state index contributed by atoms with van der Waals surface area (Å²) in [5.41, 5.74) is 1.26. The molecule has 1 unspecified atom stereocenters. The number of carbonyl (C=O) groups is 1. The monoisotopic (exact) mass is 253 g/mol. The Bertz CT molecular complexity index is 351. The molecule has 0 aromatic heterocycles. The molecule has 2 rings (SSSR count). The highest BCUT2D eigenvalue weighted by molar-refractivity contribution is 9.10. The molecular formula is C11H12BrNO. The molecule has 0 saturated carbocycles. The molecule has 0 aliphatic carbocycles. The third-order valence-corrected chi connectivity index (χ3v) is 3.06. The highest BCUT2D eigenvalue weighted by Gasteiger charge is 2.20. The predicted molar refractivity (Wildman–Crippen MR) is 59.1 cm³/mol. The molecule has 3 heteroatoms. The summed E-state index contributed by atoms with van der Waals surface area (Å²) < 4.78 is 1.08. The maximum atomic E-state index is 11.2. The number of carbonyl (C=O) groups excluding carboxylic acids is 1. The molecular weight excluding hydrogens is 242 g/mol. The van der Waals surface area contributed by atoms with E-state index in [4.69, 9.17) is 0 Å². The van der Waals surface area contributed by atoms with Crippen molar-refractivity contribution >= 4 is 21.8 Å². The van der Waals surface area contributed by atoms with Crippen LogP contribution >= 0.6 is 15.9 Å². The molecule has 0 radical (unpaired) electrons. The van der Waals surface area contributed by atoms with Crippen LogP contribution in [0, 0.1) is 0 Å². The molecule has 1 aromatic rings. The Kier molecular flexibility index (Phi) is 2.87. The topological polar surface area (TPSA) is 29.1 Å². The van der Waals surface area contributed by atoms with Gasteiger partial charge in [0.1, 0.15) is 0 Å². The minimum atomic E-state index is 0.168. The zero-order valence-electron chi connectivity index (χ0n) is 7.79. The first-order chi connectivity index (χ1) is 6.75. The molecule has 1 N–H and O–H groups in total. The molecule has 1 fully saturated rings. The fraction of sp³-hybridized carbons (Fsp3) is 0.364. The van der Waals surface area contributed by atoms with E-state index < -0.39 is 0 Å². The van der Waals surface area contributed by atoms with Gasteiger partial charge in [0, 0.05) is 17.4 Å². The average molecular weight is 254 g/mol. The van der Waals surface area contributed by atoms with Crippen LogP contribution in [-0.2, 0) is 4.79 Å². The largest absolute Gasteiger partial charge is 0.356 e. The van der Waals surface area contributed by atoms with Crippen molar-refractivity contribution in [2.45, 2.75) is 18.8 Å². The van der Waals surface area contributed by atoms with Crippen LogP contribution in [0.2, 0.25) is 0 Å². The molecule has 1 amide bonds. The second kappa shape index (κ2) is 4.13. The quantitative estimate of drug-likeness (QED) is 0.819. The van der Waals surface area contributed by atoms with Gasteiger partial charge in [0.25, 0.3) is 0 Å². The Labute approximate surface area is 91.8 Å². The molecule has 0 spiro atoms. The van der Waals surface area contributed by atoms with E-state index in [0.29, 0.717) is 12.3 Å². The number of benzene rings is 1. The number of amides is 1. The van der Waals surface area contributed by atoms with E-state index >= 15 is 0 Å². The summed E-state index contributed by atoms with van der Waals surface area (Å²) in [4.78, 5) is 11.2. The third kappa shape index (κ3) is 2.15. The standard InChI is InChI=1S/C11H12BrNO/c12-10-3-1-2-8(6-10)9-4-5-13-11(14)7-9/h1-3,6,9H,4-5,7H2,(H,13,14). The van der Waals surface area contributed by atoms with Gasteiger partial charge in [0.15, 0.2) is 0 Å². The van der Waals surface area contributed by atoms with Gasteiger partial charge in [-0.15, -0.1) is 0 Å². The van der Waals surface area contributed by atoms with E-state index in [1.807, 2.05) is 12.1 Å². The Balaban J connectivity index is 2.17. The Hall–Kier alpha value is -0.830. The fourth-order valence-electron chi connectivity index (χ4n) is 1.83. The highest BCUT2D eigenvalue weighted by Crippen LogP contribution is 2.27. The lowest BCUT2D eigenvalue weighted by Gasteiger charge is -2.22. The third-order valence-electron chi connectivity index (χ3n) is 2.57. The summed E-state index contributed by atoms with van der Waals surface area (Å²) in [5.74, 6) is 0.558. The maximum absolute atomic E-state index is 11.2. The van der Waals surface area contributed by atoms with Gasteiger partial charge in [0.05, 0.1) is 0 Å². The summed E-state index contributed by atoms with van der Waals surface area (Å²) >= 11 is 3.44. The lowest BCUT2D eigenvalue weighted by Crippen LogP contribution is -2.32. The number of nitrogens with one attached hydrogen (secondary N) is 1. The van der Waals surface area contributed by atoms with E-state index in [2.05, 4.69) is 33.4 Å². The number of halogens is 1. The molecule has 1 atom stereocenters. The van der Waals surface area contributed by atoms with Crippen molar-refractivity contribution in [3.63, 3.8) is 0 Å². The lowest BCUT2D eigenvalue weighted by atomic mass is 9.90. The van der Waals surface area contributed by atoms with E-state index in [9.17, 15) is 4.79 Å². The number of hydrogen-bond acceptors (Lipinski definition) is 1. The number of hydrogen-bond donors (Lipinski definition) is 1. The zero-order chi connectivity index (χ0) is 9.97. The van der Waals surface area contributed by atoms with Crippen LogP contribution < -0.4 is 5.32 Å². The van der Waals surface area contributed by atoms with Crippen LogP contribution in [-0.4, -0.2) is 12.5 Å². The van der Waals surface area contributed by atoms with Crippen LogP contribution in [0.15, 0.2) is 28.7 Å². The maximum Gasteiger partial charge on any atom is 0.220 e. The summed E-state index contributed by atoms with van der Waals surface area (Å²) in [7, 11) is 0. The van der Waals surface area contributed by atoms with E-state index in [1.165, 1.54) is 5.56 Å². The van der Waals surface area contributed by atoms with E-state index in [0.717, 1.165) is 17.4 Å². The Morgan fingerprint density at radius 1 is 1.43 bits per heavy atom. The zero-order valence-corrected chi connectivity index (χ0v) is 9.38. The lowest BCUT2D eigenvalue weighted by molar-refractivity contribution is -0.122. The second-order valence-corrected chi connectivity index (χ2v) is 4.51. The Morgan fingerprint density at radius 3 is 3.00 bits per heavy atom. The van der Waals surface area contributed by atoms with Crippen molar-refractivity contribution in [2.24, 2.45) is 0 Å². The molecule has 1 aliphatic heterocycles. The van der Waals surface area contributed by atoms with Crippen molar-refractivity contribution in [1.29, 1.82) is 0 Å². The van der Waals surface area contributed by atoms with Gasteiger partial charge in [-0.1, -0.05) is 28.1 Å². The molecule has 1 saturated heterocycles. The first kappa shape index (κ1) is 9.71. The van der Waals surface area contributed by atoms with Gasteiger partial charge in [-0.2, -0.15) is 0 Å². The van der Waals surface area contributed by atoms with Gasteiger partial charge in [-0.3, -0.25) is 4.79 Å². The van der Waals surface area contributed by atoms with Gasteiger partial charge >= 0.3 is 0 Å². The van der Waals surface area contributed by atoms with Crippen molar-refractivity contribution < 1.29 is 4.79 Å². The second-order valence-electron chi connectivity index (χ2n) is 3.59. The summed E-state index contributed by atoms with van der Waals surface area (Å²) in [6, 6.07) is 8.22. The SMILES string of the molecule is O=C1CC(c2cccc(Br)c2)CCN1. The van der Waals surface area contributed by atoms with Crippen LogP contribution in [0.25, 0.3) is 0 Å². The molecule has 1 aliphatic rings. The number of piperidine rings is 1. The molecule has 1 heterocycles. The highest BCUT2D eigenvalue weighted by atomic mass is 79.9.